The second kappa shape index (κ2) is 8.32. The van der Waals surface area contributed by atoms with E-state index >= 15 is 0 Å². The summed E-state index contributed by atoms with van der Waals surface area (Å²) in [5.41, 5.74) is -1.94. The van der Waals surface area contributed by atoms with Gasteiger partial charge < -0.3 is 4.74 Å². The van der Waals surface area contributed by atoms with Crippen LogP contribution in [-0.4, -0.2) is 13.4 Å². The van der Waals surface area contributed by atoms with Crippen LogP contribution in [0.1, 0.15) is 5.56 Å². The van der Waals surface area contributed by atoms with Gasteiger partial charge in [-0.05, 0) is 41.1 Å². The van der Waals surface area contributed by atoms with Crippen LogP contribution in [0.5, 0.6) is 11.6 Å². The van der Waals surface area contributed by atoms with Crippen LogP contribution >= 0.6 is 0 Å². The summed E-state index contributed by atoms with van der Waals surface area (Å²) < 4.78 is 99.8. The normalized spacial score (nSPS) is 12.0. The van der Waals surface area contributed by atoms with E-state index in [1.807, 2.05) is 4.72 Å². The quantitative estimate of drug-likeness (QED) is 0.349. The Morgan fingerprint density at radius 1 is 0.879 bits per heavy atom. The smallest absolute Gasteiger partial charge is 0.417 e. The lowest BCUT2D eigenvalue weighted by atomic mass is 10.1. The molecule has 1 N–H and O–H groups in total. The fraction of sp³-hybridized carbons (Fsp3) is 0.0455. The first kappa shape index (κ1) is 22.5. The molecule has 1 heterocycles. The van der Waals surface area contributed by atoms with Gasteiger partial charge in [-0.3, -0.25) is 4.72 Å². The summed E-state index contributed by atoms with van der Waals surface area (Å²) >= 11 is 0. The van der Waals surface area contributed by atoms with Crippen LogP contribution in [0.3, 0.4) is 0 Å². The Labute approximate surface area is 184 Å². The molecule has 0 saturated heterocycles. The van der Waals surface area contributed by atoms with Crippen molar-refractivity contribution in [3.8, 4) is 11.6 Å². The Morgan fingerprint density at radius 3 is 2.30 bits per heavy atom. The summed E-state index contributed by atoms with van der Waals surface area (Å²) in [6.45, 7) is 0. The second-order valence-electron chi connectivity index (χ2n) is 6.87. The van der Waals surface area contributed by atoms with Crippen LogP contribution in [0.15, 0.2) is 77.8 Å². The molecule has 0 unspecified atom stereocenters. The zero-order valence-electron chi connectivity index (χ0n) is 16.4. The molecule has 11 heteroatoms. The number of sulfonamides is 1. The van der Waals surface area contributed by atoms with E-state index in [0.717, 1.165) is 17.5 Å². The fourth-order valence-corrected chi connectivity index (χ4v) is 4.04. The van der Waals surface area contributed by atoms with E-state index in [1.165, 1.54) is 12.1 Å². The van der Waals surface area contributed by atoms with Gasteiger partial charge in [0.25, 0.3) is 10.0 Å². The van der Waals surface area contributed by atoms with E-state index in [9.17, 15) is 30.4 Å². The van der Waals surface area contributed by atoms with Crippen molar-refractivity contribution in [3.63, 3.8) is 0 Å². The van der Waals surface area contributed by atoms with E-state index in [-0.39, 0.29) is 4.90 Å². The number of nitrogens with one attached hydrogen (secondary N) is 1. The van der Waals surface area contributed by atoms with E-state index in [0.29, 0.717) is 23.7 Å². The molecule has 0 atom stereocenters. The summed E-state index contributed by atoms with van der Waals surface area (Å²) in [7, 11) is -4.39. The molecule has 0 spiro atoms. The Bertz CT molecular complexity index is 1460. The zero-order valence-corrected chi connectivity index (χ0v) is 17.2. The van der Waals surface area contributed by atoms with Gasteiger partial charge in [-0.1, -0.05) is 30.3 Å². The number of rotatable bonds is 5. The summed E-state index contributed by atoms with van der Waals surface area (Å²) in [4.78, 5) is 3.28. The maximum absolute atomic E-state index is 14.0. The fourth-order valence-electron chi connectivity index (χ4n) is 2.96. The Hall–Kier alpha value is -3.73. The molecule has 1 aromatic heterocycles. The van der Waals surface area contributed by atoms with Crippen molar-refractivity contribution >= 4 is 26.5 Å². The van der Waals surface area contributed by atoms with Crippen molar-refractivity contribution in [2.24, 2.45) is 0 Å². The first-order chi connectivity index (χ1) is 15.5. The number of fused-ring (bicyclic) bond motifs is 1. The number of alkyl halides is 3. The van der Waals surface area contributed by atoms with Crippen LogP contribution in [0.4, 0.5) is 27.6 Å². The van der Waals surface area contributed by atoms with Gasteiger partial charge >= 0.3 is 6.18 Å². The van der Waals surface area contributed by atoms with E-state index in [1.54, 1.807) is 30.3 Å². The number of hydrogen-bond acceptors (Lipinski definition) is 4. The number of anilines is 1. The Kier molecular flexibility index (Phi) is 5.66. The van der Waals surface area contributed by atoms with Crippen LogP contribution in [0.2, 0.25) is 0 Å². The highest BCUT2D eigenvalue weighted by molar-refractivity contribution is 7.92. The van der Waals surface area contributed by atoms with Gasteiger partial charge in [0.1, 0.15) is 11.5 Å². The monoisotopic (exact) mass is 480 g/mol. The lowest BCUT2D eigenvalue weighted by molar-refractivity contribution is -0.137. The minimum atomic E-state index is -4.84. The van der Waals surface area contributed by atoms with Crippen molar-refractivity contribution in [2.75, 3.05) is 4.72 Å². The van der Waals surface area contributed by atoms with Gasteiger partial charge in [0.05, 0.1) is 10.5 Å². The van der Waals surface area contributed by atoms with Crippen molar-refractivity contribution in [3.05, 3.63) is 90.1 Å². The predicted molar refractivity (Wildman–Crippen MR) is 110 cm³/mol. The molecule has 4 aromatic rings. The topological polar surface area (TPSA) is 68.3 Å². The average molecular weight is 480 g/mol. The Morgan fingerprint density at radius 2 is 1.61 bits per heavy atom. The molecule has 0 aliphatic carbocycles. The lowest BCUT2D eigenvalue weighted by Crippen LogP contribution is -2.15. The third-order valence-electron chi connectivity index (χ3n) is 4.55. The van der Waals surface area contributed by atoms with Crippen molar-refractivity contribution in [1.29, 1.82) is 0 Å². The molecule has 3 aromatic carbocycles. The van der Waals surface area contributed by atoms with E-state index < -0.39 is 50.7 Å². The molecular weight excluding hydrogens is 467 g/mol. The lowest BCUT2D eigenvalue weighted by Gasteiger charge is -2.15. The van der Waals surface area contributed by atoms with Crippen molar-refractivity contribution in [1.82, 2.24) is 4.98 Å². The van der Waals surface area contributed by atoms with Gasteiger partial charge in [0.2, 0.25) is 5.88 Å². The number of pyridine rings is 1. The molecule has 5 nitrogen and oxygen atoms in total. The second-order valence-corrected chi connectivity index (χ2v) is 8.55. The maximum Gasteiger partial charge on any atom is 0.417 e. The highest BCUT2D eigenvalue weighted by Crippen LogP contribution is 2.36. The van der Waals surface area contributed by atoms with Crippen LogP contribution in [-0.2, 0) is 16.2 Å². The van der Waals surface area contributed by atoms with E-state index in [2.05, 4.69) is 4.98 Å². The summed E-state index contributed by atoms with van der Waals surface area (Å²) in [6, 6.07) is 13.8. The third kappa shape index (κ3) is 4.87. The van der Waals surface area contributed by atoms with Gasteiger partial charge in [0, 0.05) is 12.3 Å². The Balaban J connectivity index is 1.76. The average Bonchev–Trinajstić information content (AvgIpc) is 2.75. The predicted octanol–water partition coefficient (Wildman–Crippen LogP) is 6.12. The number of aromatic nitrogens is 1. The molecule has 0 radical (unpaired) electrons. The van der Waals surface area contributed by atoms with Gasteiger partial charge in [-0.2, -0.15) is 13.2 Å². The minimum Gasteiger partial charge on any atom is -0.434 e. The molecule has 33 heavy (non-hydrogen) atoms. The molecule has 0 fully saturated rings. The largest absolute Gasteiger partial charge is 0.434 e. The molecule has 0 saturated carbocycles. The number of halogens is 5. The molecule has 0 aliphatic heterocycles. The summed E-state index contributed by atoms with van der Waals surface area (Å²) in [5.74, 6) is -3.27. The first-order valence-electron chi connectivity index (χ1n) is 9.25. The van der Waals surface area contributed by atoms with Gasteiger partial charge in [-0.15, -0.1) is 0 Å². The van der Waals surface area contributed by atoms with Crippen LogP contribution < -0.4 is 9.46 Å². The molecular formula is C22H13F5N2O3S. The van der Waals surface area contributed by atoms with Crippen LogP contribution in [0, 0.1) is 11.6 Å². The minimum absolute atomic E-state index is 0.225. The number of nitrogens with zero attached hydrogens (tertiary/aromatic N) is 1. The highest BCUT2D eigenvalue weighted by Gasteiger charge is 2.33. The molecule has 0 bridgehead atoms. The molecule has 0 amide bonds. The first-order valence-corrected chi connectivity index (χ1v) is 10.7. The summed E-state index contributed by atoms with van der Waals surface area (Å²) in [6.07, 6.45) is -4.43. The summed E-state index contributed by atoms with van der Waals surface area (Å²) in [5, 5.41) is 1.35. The zero-order chi connectivity index (χ0) is 23.8. The number of hydrogen-bond donors (Lipinski definition) is 1. The highest BCUT2D eigenvalue weighted by atomic mass is 32.2. The molecule has 4 rings (SSSR count). The number of ether oxygens (including phenoxy) is 1. The number of benzene rings is 3. The SMILES string of the molecule is O=S(=O)(Nc1cc(C(F)(F)F)cnc1Oc1ccc(F)cc1F)c1ccc2ccccc2c1. The molecule has 170 valence electrons. The molecule has 0 aliphatic rings. The van der Waals surface area contributed by atoms with Crippen molar-refractivity contribution < 1.29 is 35.1 Å². The standard InChI is InChI=1S/C22H13F5N2O3S/c23-16-6-8-20(18(24)11-16)32-21-19(10-15(12-28-21)22(25,26)27)29-33(30,31)17-7-5-13-3-1-2-4-14(13)9-17/h1-12,29H. The maximum atomic E-state index is 14.0. The van der Waals surface area contributed by atoms with Gasteiger partial charge in [-0.25, -0.2) is 22.2 Å². The van der Waals surface area contributed by atoms with Gasteiger partial charge in [0.15, 0.2) is 11.6 Å². The third-order valence-corrected chi connectivity index (χ3v) is 5.92. The van der Waals surface area contributed by atoms with Crippen molar-refractivity contribution in [2.45, 2.75) is 11.1 Å². The van der Waals surface area contributed by atoms with Crippen LogP contribution in [0.25, 0.3) is 10.8 Å². The van der Waals surface area contributed by atoms with E-state index in [4.69, 9.17) is 4.74 Å².